The number of halogens is 2. The number of nitrogens with zero attached hydrogens (tertiary/aromatic N) is 1. The van der Waals surface area contributed by atoms with Crippen LogP contribution in [0.15, 0.2) is 18.2 Å². The molecule has 5 heteroatoms. The Balaban J connectivity index is 0. The molecule has 0 saturated heterocycles. The Hall–Kier alpha value is -0.800. The maximum Gasteiger partial charge on any atom is 0.140 e. The van der Waals surface area contributed by atoms with E-state index in [1.165, 1.54) is 0 Å². The number of nitrogens with two attached hydrogens (primary N) is 1. The van der Waals surface area contributed by atoms with Crippen molar-refractivity contribution in [2.45, 2.75) is 13.8 Å². The van der Waals surface area contributed by atoms with Gasteiger partial charge < -0.3 is 15.7 Å². The van der Waals surface area contributed by atoms with Gasteiger partial charge in [-0.15, -0.1) is 24.8 Å². The van der Waals surface area contributed by atoms with Crippen molar-refractivity contribution in [3.8, 4) is 5.75 Å². The maximum absolute atomic E-state index is 9.39. The fourth-order valence-electron chi connectivity index (χ4n) is 1.32. The first kappa shape index (κ1) is 16.6. The van der Waals surface area contributed by atoms with E-state index in [0.717, 1.165) is 18.8 Å². The van der Waals surface area contributed by atoms with Gasteiger partial charge in [0.1, 0.15) is 5.75 Å². The lowest BCUT2D eigenvalue weighted by molar-refractivity contribution is 0.478. The Morgan fingerprint density at radius 2 is 1.73 bits per heavy atom. The Kier molecular flexibility index (Phi) is 8.30. The molecule has 0 atom stereocenters. The molecule has 0 heterocycles. The molecule has 0 aliphatic rings. The lowest BCUT2D eigenvalue weighted by atomic mass is 10.2. The van der Waals surface area contributed by atoms with Gasteiger partial charge in [0, 0.05) is 24.8 Å². The highest BCUT2D eigenvalue weighted by atomic mass is 35.5. The van der Waals surface area contributed by atoms with Crippen molar-refractivity contribution >= 4 is 36.2 Å². The summed E-state index contributed by atoms with van der Waals surface area (Å²) in [4.78, 5) is 2.15. The fourth-order valence-corrected chi connectivity index (χ4v) is 1.32. The third-order valence-corrected chi connectivity index (χ3v) is 2.14. The van der Waals surface area contributed by atoms with Crippen LogP contribution >= 0.6 is 24.8 Å². The quantitative estimate of drug-likeness (QED) is 0.643. The van der Waals surface area contributed by atoms with Crippen LogP contribution < -0.4 is 10.6 Å². The zero-order valence-electron chi connectivity index (χ0n) is 8.93. The van der Waals surface area contributed by atoms with Gasteiger partial charge in [0.2, 0.25) is 0 Å². The lowest BCUT2D eigenvalue weighted by Gasteiger charge is -2.21. The second-order valence-electron chi connectivity index (χ2n) is 2.92. The molecule has 88 valence electrons. The molecule has 1 rings (SSSR count). The van der Waals surface area contributed by atoms with E-state index in [1.807, 2.05) is 6.07 Å². The zero-order chi connectivity index (χ0) is 9.84. The van der Waals surface area contributed by atoms with E-state index in [9.17, 15) is 5.11 Å². The van der Waals surface area contributed by atoms with E-state index in [4.69, 9.17) is 5.73 Å². The molecule has 15 heavy (non-hydrogen) atoms. The number of hydrogen-bond acceptors (Lipinski definition) is 3. The summed E-state index contributed by atoms with van der Waals surface area (Å²) in [5.74, 6) is 0.157. The molecule has 0 radical (unpaired) electrons. The van der Waals surface area contributed by atoms with Crippen molar-refractivity contribution in [3.05, 3.63) is 18.2 Å². The summed E-state index contributed by atoms with van der Waals surface area (Å²) < 4.78 is 0. The van der Waals surface area contributed by atoms with Crippen molar-refractivity contribution in [2.75, 3.05) is 23.7 Å². The third kappa shape index (κ3) is 4.06. The monoisotopic (exact) mass is 252 g/mol. The molecule has 1 aromatic carbocycles. The topological polar surface area (TPSA) is 49.5 Å². The molecule has 0 aliphatic heterocycles. The largest absolute Gasteiger partial charge is 0.506 e. The van der Waals surface area contributed by atoms with Gasteiger partial charge in [0.05, 0.1) is 5.69 Å². The number of anilines is 2. The minimum absolute atomic E-state index is 0. The first-order valence-corrected chi connectivity index (χ1v) is 4.52. The zero-order valence-corrected chi connectivity index (χ0v) is 10.6. The average Bonchev–Trinajstić information content (AvgIpc) is 2.13. The molecule has 0 unspecified atom stereocenters. The van der Waals surface area contributed by atoms with Gasteiger partial charge in [-0.05, 0) is 26.0 Å². The van der Waals surface area contributed by atoms with Gasteiger partial charge in [0.25, 0.3) is 0 Å². The molecule has 0 bridgehead atoms. The average molecular weight is 253 g/mol. The summed E-state index contributed by atoms with van der Waals surface area (Å²) in [6.45, 7) is 6.02. The molecule has 0 fully saturated rings. The molecule has 0 aliphatic carbocycles. The highest BCUT2D eigenvalue weighted by Crippen LogP contribution is 2.25. The van der Waals surface area contributed by atoms with Crippen LogP contribution in [0.2, 0.25) is 0 Å². The van der Waals surface area contributed by atoms with E-state index in [1.54, 1.807) is 12.1 Å². The lowest BCUT2D eigenvalue weighted by Crippen LogP contribution is -2.21. The summed E-state index contributed by atoms with van der Waals surface area (Å²) >= 11 is 0. The van der Waals surface area contributed by atoms with E-state index < -0.39 is 0 Å². The smallest absolute Gasteiger partial charge is 0.140 e. The van der Waals surface area contributed by atoms with E-state index in [2.05, 4.69) is 18.7 Å². The maximum atomic E-state index is 9.39. The number of aromatic hydroxyl groups is 1. The Labute approximate surface area is 103 Å². The number of phenolic OH excluding ortho intramolecular Hbond substituents is 1. The summed E-state index contributed by atoms with van der Waals surface area (Å²) in [6, 6.07) is 5.34. The van der Waals surface area contributed by atoms with Gasteiger partial charge in [-0.2, -0.15) is 0 Å². The summed E-state index contributed by atoms with van der Waals surface area (Å²) in [5, 5.41) is 9.39. The van der Waals surface area contributed by atoms with E-state index >= 15 is 0 Å². The van der Waals surface area contributed by atoms with Crippen molar-refractivity contribution in [2.24, 2.45) is 0 Å². The SMILES string of the molecule is CCN(CC)c1ccc(N)c(O)c1.Cl.Cl. The summed E-state index contributed by atoms with van der Waals surface area (Å²) in [7, 11) is 0. The number of nitrogen functional groups attached to an aromatic ring is 1. The van der Waals surface area contributed by atoms with Gasteiger partial charge in [-0.1, -0.05) is 0 Å². The van der Waals surface area contributed by atoms with Crippen LogP contribution in [0.5, 0.6) is 5.75 Å². The minimum atomic E-state index is 0. The van der Waals surface area contributed by atoms with Gasteiger partial charge >= 0.3 is 0 Å². The van der Waals surface area contributed by atoms with Crippen LogP contribution in [-0.2, 0) is 0 Å². The highest BCUT2D eigenvalue weighted by molar-refractivity contribution is 5.85. The molecular weight excluding hydrogens is 235 g/mol. The van der Waals surface area contributed by atoms with E-state index in [0.29, 0.717) is 5.69 Å². The van der Waals surface area contributed by atoms with Gasteiger partial charge in [-0.3, -0.25) is 0 Å². The molecule has 0 amide bonds. The van der Waals surface area contributed by atoms with Crippen LogP contribution in [0, 0.1) is 0 Å². The van der Waals surface area contributed by atoms with Gasteiger partial charge in [-0.25, -0.2) is 0 Å². The van der Waals surface area contributed by atoms with Crippen molar-refractivity contribution in [3.63, 3.8) is 0 Å². The van der Waals surface area contributed by atoms with Crippen molar-refractivity contribution < 1.29 is 5.11 Å². The molecule has 0 aromatic heterocycles. The fraction of sp³-hybridized carbons (Fsp3) is 0.400. The molecule has 1 aromatic rings. The number of rotatable bonds is 3. The standard InChI is InChI=1S/C10H16N2O.2ClH/c1-3-12(4-2)8-5-6-9(11)10(13)7-8;;/h5-7,13H,3-4,11H2,1-2H3;2*1H. The Morgan fingerprint density at radius 3 is 2.13 bits per heavy atom. The number of benzene rings is 1. The predicted octanol–water partition coefficient (Wildman–Crippen LogP) is 2.66. The Bertz CT molecular complexity index is 291. The second-order valence-corrected chi connectivity index (χ2v) is 2.92. The van der Waals surface area contributed by atoms with Crippen LogP contribution in [0.25, 0.3) is 0 Å². The first-order chi connectivity index (χ1) is 6.19. The van der Waals surface area contributed by atoms with Crippen LogP contribution in [-0.4, -0.2) is 18.2 Å². The van der Waals surface area contributed by atoms with Gasteiger partial charge in [0.15, 0.2) is 0 Å². The van der Waals surface area contributed by atoms with Crippen LogP contribution in [0.4, 0.5) is 11.4 Å². The van der Waals surface area contributed by atoms with Crippen molar-refractivity contribution in [1.29, 1.82) is 0 Å². The highest BCUT2D eigenvalue weighted by Gasteiger charge is 2.03. The summed E-state index contributed by atoms with van der Waals surface area (Å²) in [6.07, 6.45) is 0. The summed E-state index contributed by atoms with van der Waals surface area (Å²) in [5.41, 5.74) is 6.94. The van der Waals surface area contributed by atoms with E-state index in [-0.39, 0.29) is 30.6 Å². The van der Waals surface area contributed by atoms with Crippen LogP contribution in [0.3, 0.4) is 0 Å². The molecule has 0 saturated carbocycles. The number of phenols is 1. The predicted molar refractivity (Wildman–Crippen MR) is 70.6 cm³/mol. The molecular formula is C10H18Cl2N2O. The normalized spacial score (nSPS) is 8.67. The second kappa shape index (κ2) is 7.49. The van der Waals surface area contributed by atoms with Crippen molar-refractivity contribution in [1.82, 2.24) is 0 Å². The molecule has 0 spiro atoms. The first-order valence-electron chi connectivity index (χ1n) is 4.52. The third-order valence-electron chi connectivity index (χ3n) is 2.14. The molecule has 3 N–H and O–H groups in total. The molecule has 3 nitrogen and oxygen atoms in total. The minimum Gasteiger partial charge on any atom is -0.506 e. The van der Waals surface area contributed by atoms with Crippen LogP contribution in [0.1, 0.15) is 13.8 Å². The Morgan fingerprint density at radius 1 is 1.20 bits per heavy atom. The number of hydrogen-bond donors (Lipinski definition) is 2.